The van der Waals surface area contributed by atoms with Gasteiger partial charge in [-0.15, -0.1) is 0 Å². The molecule has 0 heterocycles. The summed E-state index contributed by atoms with van der Waals surface area (Å²) >= 11 is 0. The summed E-state index contributed by atoms with van der Waals surface area (Å²) in [7, 11) is 0. The van der Waals surface area contributed by atoms with Crippen molar-refractivity contribution in [1.29, 1.82) is 0 Å². The van der Waals surface area contributed by atoms with Crippen LogP contribution in [0, 0.1) is 17.8 Å². The Kier molecular flexibility index (Phi) is 6.31. The van der Waals surface area contributed by atoms with Gasteiger partial charge in [0, 0.05) is 12.5 Å². The van der Waals surface area contributed by atoms with E-state index in [1.54, 1.807) is 5.57 Å². The number of hydrogen-bond acceptors (Lipinski definition) is 2. The maximum absolute atomic E-state index is 10.2. The smallest absolute Gasteiger partial charge is 0.0611 e. The first-order valence-electron chi connectivity index (χ1n) is 8.41. The van der Waals surface area contributed by atoms with Gasteiger partial charge in [-0.2, -0.15) is 0 Å². The minimum absolute atomic E-state index is 0.134. The van der Waals surface area contributed by atoms with Crippen LogP contribution < -0.4 is 0 Å². The normalized spacial score (nSPS) is 32.9. The molecular weight excluding hydrogens is 248 g/mol. The second-order valence-corrected chi connectivity index (χ2v) is 6.49. The van der Waals surface area contributed by atoms with Gasteiger partial charge in [-0.1, -0.05) is 43.6 Å². The molecule has 0 aromatic heterocycles. The summed E-state index contributed by atoms with van der Waals surface area (Å²) in [6.45, 7) is 2.51. The fourth-order valence-corrected chi connectivity index (χ4v) is 3.85. The Hall–Kier alpha value is -0.600. The summed E-state index contributed by atoms with van der Waals surface area (Å²) in [6, 6.07) is 0. The summed E-state index contributed by atoms with van der Waals surface area (Å²) in [5.41, 5.74) is 1.60. The third-order valence-electron chi connectivity index (χ3n) is 4.92. The Balaban J connectivity index is 1.82. The summed E-state index contributed by atoms with van der Waals surface area (Å²) in [6.07, 6.45) is 15.7. The predicted molar refractivity (Wildman–Crippen MR) is 83.4 cm³/mol. The monoisotopic (exact) mass is 278 g/mol. The fraction of sp³-hybridized carbons (Fsp3) is 0.778. The number of rotatable bonds is 8. The molecule has 0 saturated heterocycles. The SMILES string of the molecule is CCC/C=C/[C@@H]1[C@H]2CC(CCCCCO)=C[C@H]2C[C@H]1O. The molecule has 0 radical (unpaired) electrons. The molecule has 2 rings (SSSR count). The van der Waals surface area contributed by atoms with E-state index in [9.17, 15) is 5.11 Å². The second-order valence-electron chi connectivity index (χ2n) is 6.49. The summed E-state index contributed by atoms with van der Waals surface area (Å²) in [5.74, 6) is 1.62. The van der Waals surface area contributed by atoms with Gasteiger partial charge in [0.05, 0.1) is 6.10 Å². The summed E-state index contributed by atoms with van der Waals surface area (Å²) in [5, 5.41) is 19.0. The van der Waals surface area contributed by atoms with Crippen LogP contribution in [0.2, 0.25) is 0 Å². The van der Waals surface area contributed by atoms with Crippen LogP contribution in [-0.4, -0.2) is 22.9 Å². The zero-order valence-electron chi connectivity index (χ0n) is 12.8. The van der Waals surface area contributed by atoms with Crippen LogP contribution in [0.25, 0.3) is 0 Å². The van der Waals surface area contributed by atoms with Crippen LogP contribution in [0.4, 0.5) is 0 Å². The number of aliphatic hydroxyl groups is 2. The van der Waals surface area contributed by atoms with Gasteiger partial charge in [-0.3, -0.25) is 0 Å². The Morgan fingerprint density at radius 2 is 2.15 bits per heavy atom. The highest BCUT2D eigenvalue weighted by Gasteiger charge is 2.42. The number of fused-ring (bicyclic) bond motifs is 1. The van der Waals surface area contributed by atoms with E-state index in [0.29, 0.717) is 24.4 Å². The zero-order valence-corrected chi connectivity index (χ0v) is 12.8. The molecule has 114 valence electrons. The number of hydrogen-bond donors (Lipinski definition) is 2. The lowest BCUT2D eigenvalue weighted by Gasteiger charge is -2.18. The van der Waals surface area contributed by atoms with Gasteiger partial charge in [0.25, 0.3) is 0 Å². The van der Waals surface area contributed by atoms with Gasteiger partial charge in [-0.25, -0.2) is 0 Å². The van der Waals surface area contributed by atoms with Gasteiger partial charge >= 0.3 is 0 Å². The van der Waals surface area contributed by atoms with Gasteiger partial charge in [0.1, 0.15) is 0 Å². The lowest BCUT2D eigenvalue weighted by molar-refractivity contribution is 0.141. The van der Waals surface area contributed by atoms with Crippen LogP contribution in [0.3, 0.4) is 0 Å². The van der Waals surface area contributed by atoms with Crippen LogP contribution >= 0.6 is 0 Å². The quantitative estimate of drug-likeness (QED) is 0.523. The molecule has 0 unspecified atom stereocenters. The van der Waals surface area contributed by atoms with Crippen molar-refractivity contribution in [1.82, 2.24) is 0 Å². The molecule has 0 spiro atoms. The van der Waals surface area contributed by atoms with Crippen molar-refractivity contribution in [2.24, 2.45) is 17.8 Å². The molecular formula is C18H30O2. The van der Waals surface area contributed by atoms with E-state index < -0.39 is 0 Å². The molecule has 0 aliphatic heterocycles. The first kappa shape index (κ1) is 15.8. The van der Waals surface area contributed by atoms with Crippen molar-refractivity contribution >= 4 is 0 Å². The number of unbranched alkanes of at least 4 members (excludes halogenated alkanes) is 3. The van der Waals surface area contributed by atoms with Crippen LogP contribution in [0.5, 0.6) is 0 Å². The first-order valence-corrected chi connectivity index (χ1v) is 8.41. The molecule has 2 heteroatoms. The van der Waals surface area contributed by atoms with Crippen molar-refractivity contribution in [2.45, 2.75) is 64.4 Å². The summed E-state index contributed by atoms with van der Waals surface area (Å²) in [4.78, 5) is 0. The highest BCUT2D eigenvalue weighted by molar-refractivity contribution is 5.20. The van der Waals surface area contributed by atoms with E-state index >= 15 is 0 Å². The van der Waals surface area contributed by atoms with Crippen molar-refractivity contribution < 1.29 is 10.2 Å². The topological polar surface area (TPSA) is 40.5 Å². The molecule has 20 heavy (non-hydrogen) atoms. The fourth-order valence-electron chi connectivity index (χ4n) is 3.85. The maximum Gasteiger partial charge on any atom is 0.0611 e. The standard InChI is InChI=1S/C18H30O2/c1-2-3-5-9-16-17-12-14(8-6-4-7-10-19)11-15(17)13-18(16)20/h5,9,11,15-20H,2-4,6-8,10,12-13H2,1H3/b9-5+/t15-,16+,17-,18+/m0/s1. The van der Waals surface area contributed by atoms with Crippen LogP contribution in [-0.2, 0) is 0 Å². The lowest BCUT2D eigenvalue weighted by atomic mass is 9.88. The minimum atomic E-state index is -0.134. The van der Waals surface area contributed by atoms with Crippen molar-refractivity contribution in [3.63, 3.8) is 0 Å². The van der Waals surface area contributed by atoms with Gasteiger partial charge in [0.2, 0.25) is 0 Å². The van der Waals surface area contributed by atoms with Crippen LogP contribution in [0.15, 0.2) is 23.8 Å². The predicted octanol–water partition coefficient (Wildman–Crippen LogP) is 3.84. The molecule has 2 aliphatic carbocycles. The van der Waals surface area contributed by atoms with E-state index in [0.717, 1.165) is 25.7 Å². The van der Waals surface area contributed by atoms with Crippen molar-refractivity contribution in [2.75, 3.05) is 6.61 Å². The molecule has 1 saturated carbocycles. The summed E-state index contributed by atoms with van der Waals surface area (Å²) < 4.78 is 0. The van der Waals surface area contributed by atoms with E-state index in [4.69, 9.17) is 5.11 Å². The average Bonchev–Trinajstić information content (AvgIpc) is 2.94. The van der Waals surface area contributed by atoms with Crippen molar-refractivity contribution in [3.8, 4) is 0 Å². The third kappa shape index (κ3) is 3.95. The molecule has 0 aromatic carbocycles. The van der Waals surface area contributed by atoms with E-state index in [-0.39, 0.29) is 6.10 Å². The largest absolute Gasteiger partial charge is 0.396 e. The highest BCUT2D eigenvalue weighted by Crippen LogP contribution is 2.48. The van der Waals surface area contributed by atoms with E-state index in [2.05, 4.69) is 25.2 Å². The molecule has 2 aliphatic rings. The van der Waals surface area contributed by atoms with Gasteiger partial charge in [-0.05, 0) is 50.4 Å². The Morgan fingerprint density at radius 3 is 2.90 bits per heavy atom. The number of aliphatic hydroxyl groups excluding tert-OH is 2. The Labute approximate surface area is 123 Å². The van der Waals surface area contributed by atoms with E-state index in [1.165, 1.54) is 25.7 Å². The minimum Gasteiger partial charge on any atom is -0.396 e. The Morgan fingerprint density at radius 1 is 1.30 bits per heavy atom. The zero-order chi connectivity index (χ0) is 14.4. The molecule has 2 nitrogen and oxygen atoms in total. The molecule has 0 bridgehead atoms. The molecule has 1 fully saturated rings. The highest BCUT2D eigenvalue weighted by atomic mass is 16.3. The molecule has 4 atom stereocenters. The second kappa shape index (κ2) is 7.99. The Bertz CT molecular complexity index is 345. The van der Waals surface area contributed by atoms with Crippen molar-refractivity contribution in [3.05, 3.63) is 23.8 Å². The average molecular weight is 278 g/mol. The molecule has 0 amide bonds. The number of allylic oxidation sites excluding steroid dienone is 3. The third-order valence-corrected chi connectivity index (χ3v) is 4.92. The lowest BCUT2D eigenvalue weighted by Crippen LogP contribution is -2.17. The van der Waals surface area contributed by atoms with Gasteiger partial charge < -0.3 is 10.2 Å². The maximum atomic E-state index is 10.2. The van der Waals surface area contributed by atoms with Crippen LogP contribution in [0.1, 0.15) is 58.3 Å². The molecule has 2 N–H and O–H groups in total. The van der Waals surface area contributed by atoms with Gasteiger partial charge in [0.15, 0.2) is 0 Å². The molecule has 0 aromatic rings. The first-order chi connectivity index (χ1) is 9.76. The van der Waals surface area contributed by atoms with E-state index in [1.807, 2.05) is 0 Å².